The monoisotopic (exact) mass is 343 g/mol. The Balaban J connectivity index is 1.67. The maximum Gasteiger partial charge on any atom is 0.248 e. The maximum atomic E-state index is 6.23. The van der Waals surface area contributed by atoms with Gasteiger partial charge < -0.3 is 15.8 Å². The van der Waals surface area contributed by atoms with E-state index in [1.165, 1.54) is 6.33 Å². The lowest BCUT2D eigenvalue weighted by molar-refractivity contribution is 0.469. The number of nitrogens with one attached hydrogen (secondary N) is 1. The molecule has 0 radical (unpaired) electrons. The average Bonchev–Trinajstić information content (AvgIpc) is 2.65. The molecule has 0 spiro atoms. The molecule has 0 aliphatic carbocycles. The topological polar surface area (TPSA) is 86.0 Å². The fourth-order valence-corrected chi connectivity index (χ4v) is 2.68. The van der Waals surface area contributed by atoms with Gasteiger partial charge >= 0.3 is 0 Å². The zero-order chi connectivity index (χ0) is 17.9. The van der Waals surface area contributed by atoms with Gasteiger partial charge in [-0.15, -0.1) is 0 Å². The molecule has 3 N–H and O–H groups in total. The molecule has 6 nitrogen and oxygen atoms in total. The number of aromatic nitrogens is 3. The van der Waals surface area contributed by atoms with E-state index in [0.717, 1.165) is 22.2 Å². The van der Waals surface area contributed by atoms with E-state index in [2.05, 4.69) is 20.3 Å². The van der Waals surface area contributed by atoms with Crippen LogP contribution in [0.15, 0.2) is 67.1 Å². The number of benzene rings is 2. The van der Waals surface area contributed by atoms with Crippen molar-refractivity contribution >= 4 is 28.1 Å². The van der Waals surface area contributed by atoms with Crippen LogP contribution in [0.3, 0.4) is 0 Å². The number of nitrogen functional groups attached to an aromatic ring is 1. The standard InChI is InChI=1S/C20H17N5O/c1-13-5-2-8-15(11-13)25-19-17(21)20(24-12-23-19)26-16-9-3-6-14-7-4-10-22-18(14)16/h2-12H,21H2,1H3,(H,23,24,25). The minimum Gasteiger partial charge on any atom is -0.435 e. The molecule has 2 aromatic carbocycles. The van der Waals surface area contributed by atoms with Crippen molar-refractivity contribution in [1.82, 2.24) is 15.0 Å². The second kappa shape index (κ2) is 6.68. The van der Waals surface area contributed by atoms with Crippen LogP contribution in [-0.2, 0) is 0 Å². The lowest BCUT2D eigenvalue weighted by Crippen LogP contribution is -2.03. The summed E-state index contributed by atoms with van der Waals surface area (Å²) in [7, 11) is 0. The van der Waals surface area contributed by atoms with Gasteiger partial charge in [-0.05, 0) is 36.8 Å². The fourth-order valence-electron chi connectivity index (χ4n) is 2.68. The zero-order valence-corrected chi connectivity index (χ0v) is 14.2. The molecule has 0 unspecified atom stereocenters. The van der Waals surface area contributed by atoms with Gasteiger partial charge in [-0.3, -0.25) is 4.98 Å². The number of anilines is 3. The summed E-state index contributed by atoms with van der Waals surface area (Å²) in [5.41, 5.74) is 9.35. The van der Waals surface area contributed by atoms with E-state index in [4.69, 9.17) is 10.5 Å². The molecule has 128 valence electrons. The molecule has 26 heavy (non-hydrogen) atoms. The van der Waals surface area contributed by atoms with Crippen molar-refractivity contribution in [3.63, 3.8) is 0 Å². The molecule has 0 saturated carbocycles. The predicted octanol–water partition coefficient (Wildman–Crippen LogP) is 4.45. The highest BCUT2D eigenvalue weighted by Gasteiger charge is 2.12. The molecule has 6 heteroatoms. The highest BCUT2D eigenvalue weighted by molar-refractivity contribution is 5.84. The molecule has 0 bridgehead atoms. The second-order valence-corrected chi connectivity index (χ2v) is 5.87. The Morgan fingerprint density at radius 2 is 1.81 bits per heavy atom. The Hall–Kier alpha value is -3.67. The van der Waals surface area contributed by atoms with Crippen molar-refractivity contribution in [2.45, 2.75) is 6.92 Å². The van der Waals surface area contributed by atoms with Crippen LogP contribution >= 0.6 is 0 Å². The first-order chi connectivity index (χ1) is 12.7. The average molecular weight is 343 g/mol. The summed E-state index contributed by atoms with van der Waals surface area (Å²) in [6, 6.07) is 17.5. The number of nitrogens with zero attached hydrogens (tertiary/aromatic N) is 3. The van der Waals surface area contributed by atoms with Gasteiger partial charge in [0.2, 0.25) is 5.88 Å². The van der Waals surface area contributed by atoms with Gasteiger partial charge in [0.25, 0.3) is 0 Å². The van der Waals surface area contributed by atoms with Crippen molar-refractivity contribution in [2.75, 3.05) is 11.1 Å². The number of aryl methyl sites for hydroxylation is 1. The second-order valence-electron chi connectivity index (χ2n) is 5.87. The van der Waals surface area contributed by atoms with Gasteiger partial charge in [0.15, 0.2) is 11.6 Å². The number of ether oxygens (including phenoxy) is 1. The SMILES string of the molecule is Cc1cccc(Nc2ncnc(Oc3cccc4cccnc34)c2N)c1. The number of nitrogens with two attached hydrogens (primary N) is 1. The van der Waals surface area contributed by atoms with Crippen molar-refractivity contribution in [3.8, 4) is 11.6 Å². The Labute approximate surface area is 150 Å². The van der Waals surface area contributed by atoms with E-state index in [-0.39, 0.29) is 5.88 Å². The van der Waals surface area contributed by atoms with Gasteiger partial charge in [0.1, 0.15) is 17.5 Å². The summed E-state index contributed by atoms with van der Waals surface area (Å²) in [6.45, 7) is 2.02. The third kappa shape index (κ3) is 3.12. The predicted molar refractivity (Wildman–Crippen MR) is 103 cm³/mol. The van der Waals surface area contributed by atoms with Crippen LogP contribution in [-0.4, -0.2) is 15.0 Å². The van der Waals surface area contributed by atoms with Gasteiger partial charge in [-0.25, -0.2) is 4.98 Å². The molecule has 0 aliphatic rings. The Morgan fingerprint density at radius 1 is 0.962 bits per heavy atom. The highest BCUT2D eigenvalue weighted by Crippen LogP contribution is 2.33. The molecule has 0 fully saturated rings. The molecule has 0 saturated heterocycles. The van der Waals surface area contributed by atoms with Gasteiger partial charge in [0.05, 0.1) is 0 Å². The van der Waals surface area contributed by atoms with Crippen molar-refractivity contribution in [1.29, 1.82) is 0 Å². The summed E-state index contributed by atoms with van der Waals surface area (Å²) in [6.07, 6.45) is 3.14. The van der Waals surface area contributed by atoms with Crippen LogP contribution in [0.1, 0.15) is 5.56 Å². The largest absolute Gasteiger partial charge is 0.435 e. The number of hydrogen-bond acceptors (Lipinski definition) is 6. The van der Waals surface area contributed by atoms with Crippen LogP contribution in [0.4, 0.5) is 17.2 Å². The highest BCUT2D eigenvalue weighted by atomic mass is 16.5. The van der Waals surface area contributed by atoms with Crippen LogP contribution in [0.25, 0.3) is 10.9 Å². The van der Waals surface area contributed by atoms with E-state index >= 15 is 0 Å². The number of para-hydroxylation sites is 1. The molecule has 0 amide bonds. The Morgan fingerprint density at radius 3 is 2.69 bits per heavy atom. The fraction of sp³-hybridized carbons (Fsp3) is 0.0500. The van der Waals surface area contributed by atoms with Crippen molar-refractivity contribution in [2.24, 2.45) is 0 Å². The summed E-state index contributed by atoms with van der Waals surface area (Å²) < 4.78 is 5.95. The minimum atomic E-state index is 0.285. The third-order valence-corrected chi connectivity index (χ3v) is 3.93. The van der Waals surface area contributed by atoms with E-state index in [1.54, 1.807) is 6.20 Å². The molecule has 2 aromatic heterocycles. The van der Waals surface area contributed by atoms with Crippen LogP contribution in [0, 0.1) is 6.92 Å². The minimum absolute atomic E-state index is 0.285. The first kappa shape index (κ1) is 15.8. The normalized spacial score (nSPS) is 10.7. The van der Waals surface area contributed by atoms with Crippen LogP contribution in [0.5, 0.6) is 11.6 Å². The third-order valence-electron chi connectivity index (χ3n) is 3.93. The number of pyridine rings is 1. The van der Waals surface area contributed by atoms with Gasteiger partial charge in [-0.1, -0.05) is 30.3 Å². The zero-order valence-electron chi connectivity index (χ0n) is 14.2. The van der Waals surface area contributed by atoms with Crippen LogP contribution < -0.4 is 15.8 Å². The summed E-state index contributed by atoms with van der Waals surface area (Å²) in [4.78, 5) is 12.8. The van der Waals surface area contributed by atoms with Crippen molar-refractivity contribution in [3.05, 3.63) is 72.7 Å². The first-order valence-corrected chi connectivity index (χ1v) is 8.16. The summed E-state index contributed by atoms with van der Waals surface area (Å²) in [5, 5.41) is 4.19. The van der Waals surface area contributed by atoms with E-state index in [9.17, 15) is 0 Å². The molecule has 4 aromatic rings. The maximum absolute atomic E-state index is 6.23. The van der Waals surface area contributed by atoms with Gasteiger partial charge in [-0.2, -0.15) is 4.98 Å². The van der Waals surface area contributed by atoms with Crippen LogP contribution in [0.2, 0.25) is 0 Å². The first-order valence-electron chi connectivity index (χ1n) is 8.16. The molecular weight excluding hydrogens is 326 g/mol. The Kier molecular flexibility index (Phi) is 4.07. The quantitative estimate of drug-likeness (QED) is 0.569. The van der Waals surface area contributed by atoms with Crippen molar-refractivity contribution < 1.29 is 4.74 Å². The smallest absolute Gasteiger partial charge is 0.248 e. The molecule has 2 heterocycles. The van der Waals surface area contributed by atoms with E-state index in [0.29, 0.717) is 17.3 Å². The molecule has 0 aliphatic heterocycles. The molecular formula is C20H17N5O. The Bertz CT molecular complexity index is 1080. The molecule has 0 atom stereocenters. The lowest BCUT2D eigenvalue weighted by atomic mass is 10.2. The van der Waals surface area contributed by atoms with E-state index < -0.39 is 0 Å². The lowest BCUT2D eigenvalue weighted by Gasteiger charge is -2.13. The van der Waals surface area contributed by atoms with Gasteiger partial charge in [0, 0.05) is 17.3 Å². The summed E-state index contributed by atoms with van der Waals surface area (Å²) >= 11 is 0. The van der Waals surface area contributed by atoms with E-state index in [1.807, 2.05) is 61.5 Å². The molecule has 4 rings (SSSR count). The summed E-state index contributed by atoms with van der Waals surface area (Å²) in [5.74, 6) is 1.37. The number of fused-ring (bicyclic) bond motifs is 1. The number of rotatable bonds is 4. The number of hydrogen-bond donors (Lipinski definition) is 2.